The summed E-state index contributed by atoms with van der Waals surface area (Å²) in [7, 11) is 0. The Labute approximate surface area is 168 Å². The van der Waals surface area contributed by atoms with Crippen LogP contribution in [-0.2, 0) is 11.3 Å². The van der Waals surface area contributed by atoms with Gasteiger partial charge in [-0.25, -0.2) is 4.68 Å². The van der Waals surface area contributed by atoms with Crippen molar-refractivity contribution >= 4 is 33.0 Å². The van der Waals surface area contributed by atoms with E-state index in [4.69, 9.17) is 0 Å². The van der Waals surface area contributed by atoms with E-state index in [1.54, 1.807) is 11.3 Å². The van der Waals surface area contributed by atoms with Gasteiger partial charge in [0.1, 0.15) is 11.3 Å². The zero-order valence-corrected chi connectivity index (χ0v) is 17.6. The van der Waals surface area contributed by atoms with Gasteiger partial charge in [0, 0.05) is 19.0 Å². The fraction of sp³-hybridized carbons (Fsp3) is 0.571. The molecule has 1 aliphatic carbocycles. The number of nitrogens with one attached hydrogen (secondary N) is 1. The summed E-state index contributed by atoms with van der Waals surface area (Å²) in [6, 6.07) is 4.23. The molecule has 0 bridgehead atoms. The minimum absolute atomic E-state index is 0.0833. The van der Waals surface area contributed by atoms with Gasteiger partial charge in [0.15, 0.2) is 0 Å². The summed E-state index contributed by atoms with van der Waals surface area (Å²) in [6.45, 7) is 6.88. The molecule has 0 radical (unpaired) electrons. The Kier molecular flexibility index (Phi) is 5.27. The fourth-order valence-electron chi connectivity index (χ4n) is 4.43. The Morgan fingerprint density at radius 3 is 2.96 bits per heavy atom. The first-order chi connectivity index (χ1) is 13.5. The highest BCUT2D eigenvalue weighted by atomic mass is 32.1. The number of carbonyl (C=O) groups excluding carboxylic acids is 1. The summed E-state index contributed by atoms with van der Waals surface area (Å²) in [5.41, 5.74) is 1.59. The molecule has 0 saturated heterocycles. The van der Waals surface area contributed by atoms with Gasteiger partial charge in [0.25, 0.3) is 5.56 Å². The normalized spacial score (nSPS) is 22.8. The smallest absolute Gasteiger partial charge is 0.291 e. The number of hydrogen-bond donors (Lipinski definition) is 1. The van der Waals surface area contributed by atoms with Crippen LogP contribution in [0.2, 0.25) is 0 Å². The maximum absolute atomic E-state index is 12.8. The van der Waals surface area contributed by atoms with E-state index in [2.05, 4.69) is 24.3 Å². The van der Waals surface area contributed by atoms with Gasteiger partial charge < -0.3 is 5.32 Å². The molecule has 3 aromatic heterocycles. The predicted octanol–water partition coefficient (Wildman–Crippen LogP) is 3.74. The fourth-order valence-corrected chi connectivity index (χ4v) is 5.24. The van der Waals surface area contributed by atoms with Crippen LogP contribution in [0.3, 0.4) is 0 Å². The number of thiophene rings is 1. The molecule has 0 spiro atoms. The van der Waals surface area contributed by atoms with Gasteiger partial charge in [0.2, 0.25) is 5.91 Å². The van der Waals surface area contributed by atoms with Crippen LogP contribution in [-0.4, -0.2) is 26.1 Å². The molecule has 4 rings (SSSR count). The van der Waals surface area contributed by atoms with E-state index in [9.17, 15) is 9.59 Å². The van der Waals surface area contributed by atoms with E-state index in [1.807, 2.05) is 28.8 Å². The van der Waals surface area contributed by atoms with Gasteiger partial charge >= 0.3 is 0 Å². The third-order valence-electron chi connectivity index (χ3n) is 6.29. The lowest BCUT2D eigenvalue weighted by Gasteiger charge is -2.34. The predicted molar refractivity (Wildman–Crippen MR) is 113 cm³/mol. The molecule has 0 aromatic carbocycles. The Balaban J connectivity index is 1.41. The van der Waals surface area contributed by atoms with Gasteiger partial charge in [-0.2, -0.15) is 5.10 Å². The minimum Gasteiger partial charge on any atom is -0.353 e. The highest BCUT2D eigenvalue weighted by molar-refractivity contribution is 7.17. The third kappa shape index (κ3) is 3.48. The third-order valence-corrected chi connectivity index (χ3v) is 7.15. The Morgan fingerprint density at radius 2 is 2.14 bits per heavy atom. The molecule has 0 unspecified atom stereocenters. The van der Waals surface area contributed by atoms with Crippen LogP contribution in [0.15, 0.2) is 22.3 Å². The van der Waals surface area contributed by atoms with Crippen molar-refractivity contribution in [2.45, 2.75) is 65.5 Å². The Morgan fingerprint density at radius 1 is 1.32 bits per heavy atom. The monoisotopic (exact) mass is 400 g/mol. The molecule has 1 aliphatic rings. The first-order valence-electron chi connectivity index (χ1n) is 10.2. The van der Waals surface area contributed by atoms with Crippen LogP contribution in [0.5, 0.6) is 0 Å². The molecule has 1 saturated carbocycles. The van der Waals surface area contributed by atoms with Crippen molar-refractivity contribution in [3.63, 3.8) is 0 Å². The van der Waals surface area contributed by atoms with Crippen molar-refractivity contribution in [2.75, 3.05) is 0 Å². The maximum atomic E-state index is 12.8. The van der Waals surface area contributed by atoms with Crippen LogP contribution in [0.1, 0.15) is 51.8 Å². The van der Waals surface area contributed by atoms with Gasteiger partial charge in [-0.1, -0.05) is 26.7 Å². The van der Waals surface area contributed by atoms with Crippen molar-refractivity contribution < 1.29 is 4.79 Å². The van der Waals surface area contributed by atoms with E-state index < -0.39 is 0 Å². The number of fused-ring (bicyclic) bond motifs is 3. The molecular formula is C21H28N4O2S. The number of aromatic nitrogens is 3. The standard InChI is InChI=1S/C21H28N4O2S/c1-13-6-4-7-16(14(13)2)22-20(26)8-5-10-24-21(27)18-12-19-17(9-11-28-19)25(18)15(3)23-24/h9,11-14,16H,4-8,10H2,1-3H3,(H,22,26)/t13-,14+,16-/m1/s1. The number of rotatable bonds is 5. The molecule has 3 aromatic rings. The molecule has 28 heavy (non-hydrogen) atoms. The van der Waals surface area contributed by atoms with Crippen LogP contribution < -0.4 is 10.9 Å². The van der Waals surface area contributed by atoms with Crippen molar-refractivity contribution in [2.24, 2.45) is 11.8 Å². The molecule has 3 atom stereocenters. The van der Waals surface area contributed by atoms with Gasteiger partial charge in [-0.15, -0.1) is 11.3 Å². The van der Waals surface area contributed by atoms with Crippen molar-refractivity contribution in [1.82, 2.24) is 19.5 Å². The van der Waals surface area contributed by atoms with Crippen LogP contribution in [0.25, 0.3) is 15.7 Å². The summed E-state index contributed by atoms with van der Waals surface area (Å²) in [4.78, 5) is 25.2. The van der Waals surface area contributed by atoms with Gasteiger partial charge in [-0.05, 0) is 49.1 Å². The molecule has 6 nitrogen and oxygen atoms in total. The van der Waals surface area contributed by atoms with Crippen LogP contribution in [0.4, 0.5) is 0 Å². The van der Waals surface area contributed by atoms with Crippen LogP contribution in [0, 0.1) is 18.8 Å². The lowest BCUT2D eigenvalue weighted by molar-refractivity contribution is -0.122. The van der Waals surface area contributed by atoms with Crippen molar-refractivity contribution in [3.05, 3.63) is 33.7 Å². The molecule has 1 N–H and O–H groups in total. The van der Waals surface area contributed by atoms with E-state index in [-0.39, 0.29) is 17.5 Å². The lowest BCUT2D eigenvalue weighted by Crippen LogP contribution is -2.43. The second-order valence-electron chi connectivity index (χ2n) is 8.16. The van der Waals surface area contributed by atoms with Gasteiger partial charge in [-0.3, -0.25) is 14.0 Å². The topological polar surface area (TPSA) is 68.4 Å². The quantitative estimate of drug-likeness (QED) is 0.709. The molecule has 1 amide bonds. The second-order valence-corrected chi connectivity index (χ2v) is 9.10. The summed E-state index contributed by atoms with van der Waals surface area (Å²) in [5.74, 6) is 2.06. The molecule has 3 heterocycles. The second kappa shape index (κ2) is 7.70. The average molecular weight is 401 g/mol. The molecule has 1 fully saturated rings. The van der Waals surface area contributed by atoms with Crippen LogP contribution >= 0.6 is 11.3 Å². The number of aryl methyl sites for hydroxylation is 2. The molecule has 7 heteroatoms. The molecule has 0 aliphatic heterocycles. The van der Waals surface area contributed by atoms with Crippen molar-refractivity contribution in [3.8, 4) is 0 Å². The number of carbonyl (C=O) groups is 1. The Bertz CT molecular complexity index is 1060. The van der Waals surface area contributed by atoms with E-state index >= 15 is 0 Å². The zero-order valence-electron chi connectivity index (χ0n) is 16.8. The number of hydrogen-bond acceptors (Lipinski definition) is 4. The first kappa shape index (κ1) is 19.2. The zero-order chi connectivity index (χ0) is 19.8. The maximum Gasteiger partial charge on any atom is 0.291 e. The summed E-state index contributed by atoms with van der Waals surface area (Å²) in [5, 5.41) is 9.71. The van der Waals surface area contributed by atoms with E-state index in [0.717, 1.165) is 22.5 Å². The van der Waals surface area contributed by atoms with E-state index in [1.165, 1.54) is 17.5 Å². The van der Waals surface area contributed by atoms with Crippen molar-refractivity contribution in [1.29, 1.82) is 0 Å². The summed E-state index contributed by atoms with van der Waals surface area (Å²) >= 11 is 1.63. The highest BCUT2D eigenvalue weighted by Gasteiger charge is 2.27. The number of amides is 1. The lowest BCUT2D eigenvalue weighted by atomic mass is 9.78. The summed E-state index contributed by atoms with van der Waals surface area (Å²) in [6.07, 6.45) is 4.54. The minimum atomic E-state index is -0.0934. The van der Waals surface area contributed by atoms with E-state index in [0.29, 0.717) is 36.7 Å². The Hall–Kier alpha value is -2.15. The first-order valence-corrected chi connectivity index (χ1v) is 11.1. The molecular weight excluding hydrogens is 372 g/mol. The largest absolute Gasteiger partial charge is 0.353 e. The summed E-state index contributed by atoms with van der Waals surface area (Å²) < 4.78 is 4.52. The number of nitrogens with zero attached hydrogens (tertiary/aromatic N) is 3. The highest BCUT2D eigenvalue weighted by Crippen LogP contribution is 2.29. The molecule has 150 valence electrons. The SMILES string of the molecule is Cc1nn(CCCC(=O)N[C@@H]2CCC[C@@H](C)[C@@H]2C)c(=O)c2cc3sccc3n12. The van der Waals surface area contributed by atoms with Gasteiger partial charge in [0.05, 0.1) is 10.2 Å². The average Bonchev–Trinajstić information content (AvgIpc) is 3.24.